The van der Waals surface area contributed by atoms with E-state index in [1.165, 1.54) is 4.90 Å². The van der Waals surface area contributed by atoms with Gasteiger partial charge < -0.3 is 24.4 Å². The van der Waals surface area contributed by atoms with Crippen molar-refractivity contribution >= 4 is 12.0 Å². The normalized spacial score (nSPS) is 28.3. The van der Waals surface area contributed by atoms with Crippen molar-refractivity contribution in [3.05, 3.63) is 0 Å². The molecule has 7 nitrogen and oxygen atoms in total. The lowest BCUT2D eigenvalue weighted by molar-refractivity contribution is -0.148. The number of morpholine rings is 2. The molecule has 0 aromatic heterocycles. The highest BCUT2D eigenvalue weighted by molar-refractivity contribution is 5.83. The number of hydrogen-bond acceptors (Lipinski definition) is 4. The Morgan fingerprint density at radius 3 is 2.79 bits per heavy atom. The summed E-state index contributed by atoms with van der Waals surface area (Å²) in [6.45, 7) is 4.32. The molecule has 0 aliphatic carbocycles. The van der Waals surface area contributed by atoms with Crippen LogP contribution in [-0.2, 0) is 14.3 Å². The molecule has 1 N–H and O–H groups in total. The molecule has 0 aromatic rings. The Morgan fingerprint density at radius 1 is 1.32 bits per heavy atom. The number of aliphatic carboxylic acids is 1. The predicted octanol–water partition coefficient (Wildman–Crippen LogP) is 0.00260. The van der Waals surface area contributed by atoms with Crippen molar-refractivity contribution in [3.63, 3.8) is 0 Å². The molecule has 2 rings (SSSR count). The zero-order valence-electron chi connectivity index (χ0n) is 11.1. The minimum absolute atomic E-state index is 0.0435. The molecule has 2 heterocycles. The van der Waals surface area contributed by atoms with E-state index in [1.54, 1.807) is 4.90 Å². The molecule has 0 spiro atoms. The number of ether oxygens (including phenoxy) is 2. The summed E-state index contributed by atoms with van der Waals surface area (Å²) in [5.41, 5.74) is 0. The van der Waals surface area contributed by atoms with Gasteiger partial charge in [-0.1, -0.05) is 6.92 Å². The van der Waals surface area contributed by atoms with Gasteiger partial charge in [-0.3, -0.25) is 0 Å². The summed E-state index contributed by atoms with van der Waals surface area (Å²) < 4.78 is 10.7. The lowest BCUT2D eigenvalue weighted by Crippen LogP contribution is -2.59. The first-order chi connectivity index (χ1) is 9.13. The van der Waals surface area contributed by atoms with Crippen LogP contribution >= 0.6 is 0 Å². The highest BCUT2D eigenvalue weighted by Gasteiger charge is 2.36. The Labute approximate surface area is 112 Å². The van der Waals surface area contributed by atoms with Crippen LogP contribution in [0.25, 0.3) is 0 Å². The number of urea groups is 1. The minimum Gasteiger partial charge on any atom is -0.480 e. The molecular formula is C12H20N2O5. The maximum absolute atomic E-state index is 12.4. The van der Waals surface area contributed by atoms with E-state index < -0.39 is 12.0 Å². The van der Waals surface area contributed by atoms with Crippen molar-refractivity contribution in [3.8, 4) is 0 Å². The number of rotatable bonds is 2. The molecule has 2 aliphatic heterocycles. The zero-order chi connectivity index (χ0) is 13.8. The Kier molecular flexibility index (Phi) is 4.60. The van der Waals surface area contributed by atoms with Gasteiger partial charge in [-0.15, -0.1) is 0 Å². The van der Waals surface area contributed by atoms with Crippen LogP contribution in [0.3, 0.4) is 0 Å². The second-order valence-electron chi connectivity index (χ2n) is 4.75. The Balaban J connectivity index is 2.02. The summed E-state index contributed by atoms with van der Waals surface area (Å²) in [5.74, 6) is -1.02. The molecular weight excluding hydrogens is 252 g/mol. The third-order valence-corrected chi connectivity index (χ3v) is 3.52. The fourth-order valence-corrected chi connectivity index (χ4v) is 2.36. The maximum Gasteiger partial charge on any atom is 0.328 e. The first-order valence-electron chi connectivity index (χ1n) is 6.61. The molecule has 0 bridgehead atoms. The van der Waals surface area contributed by atoms with Crippen LogP contribution in [-0.4, -0.2) is 78.5 Å². The molecule has 0 saturated carbocycles. The Morgan fingerprint density at radius 2 is 2.11 bits per heavy atom. The van der Waals surface area contributed by atoms with E-state index in [-0.39, 0.29) is 18.7 Å². The number of carbonyl (C=O) groups is 2. The minimum atomic E-state index is -1.02. The number of hydrogen-bond donors (Lipinski definition) is 1. The summed E-state index contributed by atoms with van der Waals surface area (Å²) in [4.78, 5) is 26.6. The van der Waals surface area contributed by atoms with Crippen LogP contribution in [0.5, 0.6) is 0 Å². The molecule has 7 heteroatoms. The van der Waals surface area contributed by atoms with Crippen molar-refractivity contribution < 1.29 is 24.2 Å². The SMILES string of the molecule is CCC1CN(C(=O)N2CCOCC2C(=O)O)CCO1. The average Bonchev–Trinajstić information content (AvgIpc) is 2.46. The van der Waals surface area contributed by atoms with Gasteiger partial charge in [0.15, 0.2) is 6.04 Å². The van der Waals surface area contributed by atoms with Crippen molar-refractivity contribution in [2.75, 3.05) is 39.5 Å². The van der Waals surface area contributed by atoms with E-state index in [0.29, 0.717) is 32.8 Å². The summed E-state index contributed by atoms with van der Waals surface area (Å²) in [6.07, 6.45) is 0.886. The monoisotopic (exact) mass is 272 g/mol. The predicted molar refractivity (Wildman–Crippen MR) is 65.9 cm³/mol. The highest BCUT2D eigenvalue weighted by Crippen LogP contribution is 2.15. The molecule has 2 amide bonds. The fraction of sp³-hybridized carbons (Fsp3) is 0.833. The van der Waals surface area contributed by atoms with E-state index in [0.717, 1.165) is 6.42 Å². The zero-order valence-corrected chi connectivity index (χ0v) is 11.1. The van der Waals surface area contributed by atoms with Crippen molar-refractivity contribution in [2.24, 2.45) is 0 Å². The Bertz CT molecular complexity index is 349. The first-order valence-corrected chi connectivity index (χ1v) is 6.61. The molecule has 2 aliphatic rings. The van der Waals surface area contributed by atoms with Gasteiger partial charge >= 0.3 is 12.0 Å². The first kappa shape index (κ1) is 14.1. The lowest BCUT2D eigenvalue weighted by atomic mass is 10.2. The van der Waals surface area contributed by atoms with E-state index in [9.17, 15) is 9.59 Å². The van der Waals surface area contributed by atoms with Gasteiger partial charge in [0, 0.05) is 19.6 Å². The summed E-state index contributed by atoms with van der Waals surface area (Å²) in [6, 6.07) is -1.11. The molecule has 2 fully saturated rings. The quantitative estimate of drug-likeness (QED) is 0.765. The van der Waals surface area contributed by atoms with Gasteiger partial charge in [0.05, 0.1) is 25.9 Å². The van der Waals surface area contributed by atoms with Crippen molar-refractivity contribution in [1.29, 1.82) is 0 Å². The lowest BCUT2D eigenvalue weighted by Gasteiger charge is -2.39. The molecule has 2 unspecified atom stereocenters. The average molecular weight is 272 g/mol. The molecule has 0 aromatic carbocycles. The largest absolute Gasteiger partial charge is 0.480 e. The number of carbonyl (C=O) groups excluding carboxylic acids is 1. The third-order valence-electron chi connectivity index (χ3n) is 3.52. The Hall–Kier alpha value is -1.34. The summed E-state index contributed by atoms with van der Waals surface area (Å²) in [5, 5.41) is 9.14. The van der Waals surface area contributed by atoms with Crippen LogP contribution in [0, 0.1) is 0 Å². The number of amides is 2. The molecule has 2 atom stereocenters. The molecule has 108 valence electrons. The topological polar surface area (TPSA) is 79.3 Å². The standard InChI is InChI=1S/C12H20N2O5/c1-2-9-7-13(3-6-19-9)12(17)14-4-5-18-8-10(14)11(15)16/h9-10H,2-8H2,1H3,(H,15,16). The summed E-state index contributed by atoms with van der Waals surface area (Å²) in [7, 11) is 0. The second-order valence-corrected chi connectivity index (χ2v) is 4.75. The van der Waals surface area contributed by atoms with Crippen LogP contribution in [0.4, 0.5) is 4.79 Å². The molecule has 19 heavy (non-hydrogen) atoms. The second kappa shape index (κ2) is 6.21. The highest BCUT2D eigenvalue weighted by atomic mass is 16.5. The van der Waals surface area contributed by atoms with E-state index >= 15 is 0 Å². The fourth-order valence-electron chi connectivity index (χ4n) is 2.36. The molecule has 0 radical (unpaired) electrons. The number of carboxylic acid groups (broad SMARTS) is 1. The van der Waals surface area contributed by atoms with Gasteiger partial charge in [-0.05, 0) is 6.42 Å². The van der Waals surface area contributed by atoms with Crippen LogP contribution in [0.15, 0.2) is 0 Å². The van der Waals surface area contributed by atoms with Gasteiger partial charge in [0.25, 0.3) is 0 Å². The number of carboxylic acids is 1. The van der Waals surface area contributed by atoms with E-state index in [2.05, 4.69) is 0 Å². The van der Waals surface area contributed by atoms with E-state index in [4.69, 9.17) is 14.6 Å². The van der Waals surface area contributed by atoms with Gasteiger partial charge in [0.2, 0.25) is 0 Å². The van der Waals surface area contributed by atoms with Crippen LogP contribution < -0.4 is 0 Å². The maximum atomic E-state index is 12.4. The van der Waals surface area contributed by atoms with Gasteiger partial charge in [0.1, 0.15) is 0 Å². The summed E-state index contributed by atoms with van der Waals surface area (Å²) >= 11 is 0. The van der Waals surface area contributed by atoms with Crippen LogP contribution in [0.2, 0.25) is 0 Å². The van der Waals surface area contributed by atoms with Crippen molar-refractivity contribution in [1.82, 2.24) is 9.80 Å². The number of nitrogens with zero attached hydrogens (tertiary/aromatic N) is 2. The van der Waals surface area contributed by atoms with E-state index in [1.807, 2.05) is 6.92 Å². The van der Waals surface area contributed by atoms with Gasteiger partial charge in [-0.2, -0.15) is 0 Å². The van der Waals surface area contributed by atoms with Crippen LogP contribution in [0.1, 0.15) is 13.3 Å². The smallest absolute Gasteiger partial charge is 0.328 e. The van der Waals surface area contributed by atoms with Gasteiger partial charge in [-0.25, -0.2) is 9.59 Å². The van der Waals surface area contributed by atoms with Crippen molar-refractivity contribution in [2.45, 2.75) is 25.5 Å². The third kappa shape index (κ3) is 3.16. The molecule has 2 saturated heterocycles.